The van der Waals surface area contributed by atoms with Gasteiger partial charge >= 0.3 is 0 Å². The van der Waals surface area contributed by atoms with Gasteiger partial charge in [-0.15, -0.1) is 0 Å². The maximum Gasteiger partial charge on any atom is 0.224 e. The number of anilines is 1. The molecule has 1 aliphatic rings. The molecule has 0 aliphatic carbocycles. The van der Waals surface area contributed by atoms with Gasteiger partial charge in [0.05, 0.1) is 18.9 Å². The number of hydrogen-bond donors (Lipinski definition) is 0. The third kappa shape index (κ3) is 2.65. The fourth-order valence-corrected chi connectivity index (χ4v) is 3.05. The van der Waals surface area contributed by atoms with Crippen LogP contribution in [0.4, 0.5) is 5.69 Å². The Morgan fingerprint density at radius 2 is 1.89 bits per heavy atom. The first-order valence-electron chi connectivity index (χ1n) is 5.80. The first-order valence-corrected chi connectivity index (χ1v) is 7.35. The monoisotopic (exact) mass is 361 g/mol. The van der Waals surface area contributed by atoms with Gasteiger partial charge in [0, 0.05) is 22.9 Å². The third-order valence-electron chi connectivity index (χ3n) is 3.02. The number of benzene rings is 1. The molecule has 0 N–H and O–H groups in total. The Morgan fingerprint density at radius 1 is 1.16 bits per heavy atom. The molecule has 7 heteroatoms. The van der Waals surface area contributed by atoms with Crippen LogP contribution in [-0.4, -0.2) is 36.3 Å². The minimum atomic E-state index is 0.161. The Bertz CT molecular complexity index is 632. The van der Waals surface area contributed by atoms with E-state index in [2.05, 4.69) is 30.8 Å². The fourth-order valence-electron chi connectivity index (χ4n) is 2.16. The van der Waals surface area contributed by atoms with E-state index in [1.165, 1.54) is 0 Å². The van der Waals surface area contributed by atoms with Crippen molar-refractivity contribution < 1.29 is 4.74 Å². The van der Waals surface area contributed by atoms with Crippen molar-refractivity contribution in [2.45, 2.75) is 0 Å². The van der Waals surface area contributed by atoms with Gasteiger partial charge in [-0.2, -0.15) is 0 Å². The number of hydrogen-bond acceptors (Lipinski definition) is 4. The lowest BCUT2D eigenvalue weighted by Crippen LogP contribution is -2.36. The highest BCUT2D eigenvalue weighted by molar-refractivity contribution is 9.10. The van der Waals surface area contributed by atoms with E-state index in [0.29, 0.717) is 18.4 Å². The maximum absolute atomic E-state index is 6.15. The van der Waals surface area contributed by atoms with Crippen molar-refractivity contribution >= 4 is 55.7 Å². The summed E-state index contributed by atoms with van der Waals surface area (Å²) in [6, 6.07) is 3.92. The van der Waals surface area contributed by atoms with Crippen LogP contribution in [0, 0.1) is 0 Å². The molecule has 1 aliphatic heterocycles. The second-order valence-electron chi connectivity index (χ2n) is 4.20. The second-order valence-corrected chi connectivity index (χ2v) is 5.82. The summed E-state index contributed by atoms with van der Waals surface area (Å²) in [5.74, 6) is 0. The molecule has 100 valence electrons. The van der Waals surface area contributed by atoms with E-state index in [-0.39, 0.29) is 5.28 Å². The normalized spacial score (nSPS) is 16.1. The van der Waals surface area contributed by atoms with Crippen LogP contribution in [0.2, 0.25) is 10.4 Å². The Hall–Kier alpha value is -0.620. The molecule has 19 heavy (non-hydrogen) atoms. The van der Waals surface area contributed by atoms with E-state index in [1.54, 1.807) is 0 Å². The van der Waals surface area contributed by atoms with Crippen molar-refractivity contribution in [2.24, 2.45) is 0 Å². The summed E-state index contributed by atoms with van der Waals surface area (Å²) < 4.78 is 6.31. The Morgan fingerprint density at radius 3 is 2.63 bits per heavy atom. The van der Waals surface area contributed by atoms with Crippen molar-refractivity contribution in [2.75, 3.05) is 31.2 Å². The molecular formula is C12H10BrCl2N3O. The molecule has 0 atom stereocenters. The smallest absolute Gasteiger partial charge is 0.224 e. The van der Waals surface area contributed by atoms with Gasteiger partial charge in [0.15, 0.2) is 0 Å². The van der Waals surface area contributed by atoms with Crippen molar-refractivity contribution in [3.8, 4) is 0 Å². The highest BCUT2D eigenvalue weighted by Crippen LogP contribution is 2.33. The maximum atomic E-state index is 6.15. The first kappa shape index (κ1) is 13.4. The molecule has 0 unspecified atom stereocenters. The summed E-state index contributed by atoms with van der Waals surface area (Å²) >= 11 is 15.6. The van der Waals surface area contributed by atoms with Crippen LogP contribution in [0.3, 0.4) is 0 Å². The molecule has 1 aromatic heterocycles. The van der Waals surface area contributed by atoms with Gasteiger partial charge in [0.2, 0.25) is 5.28 Å². The standard InChI is InChI=1S/C12H10BrCl2N3O/c13-7-5-8-10(16-12(15)17-11(8)14)9(6-7)18-1-3-19-4-2-18/h5-6H,1-4H2. The van der Waals surface area contributed by atoms with Gasteiger partial charge in [-0.05, 0) is 23.7 Å². The average molecular weight is 363 g/mol. The van der Waals surface area contributed by atoms with Crippen molar-refractivity contribution in [1.82, 2.24) is 9.97 Å². The number of nitrogens with zero attached hydrogens (tertiary/aromatic N) is 3. The molecule has 1 saturated heterocycles. The van der Waals surface area contributed by atoms with Crippen LogP contribution in [0.5, 0.6) is 0 Å². The molecule has 4 nitrogen and oxygen atoms in total. The van der Waals surface area contributed by atoms with Crippen LogP contribution in [0.15, 0.2) is 16.6 Å². The highest BCUT2D eigenvalue weighted by atomic mass is 79.9. The molecule has 3 rings (SSSR count). The van der Waals surface area contributed by atoms with Gasteiger partial charge in [0.25, 0.3) is 0 Å². The van der Waals surface area contributed by atoms with Gasteiger partial charge in [-0.1, -0.05) is 27.5 Å². The highest BCUT2D eigenvalue weighted by Gasteiger charge is 2.17. The summed E-state index contributed by atoms with van der Waals surface area (Å²) in [4.78, 5) is 10.5. The summed E-state index contributed by atoms with van der Waals surface area (Å²) in [6.45, 7) is 3.07. The quantitative estimate of drug-likeness (QED) is 0.574. The van der Waals surface area contributed by atoms with E-state index < -0.39 is 0 Å². The molecule has 1 aromatic carbocycles. The second kappa shape index (κ2) is 5.40. The third-order valence-corrected chi connectivity index (χ3v) is 3.94. The van der Waals surface area contributed by atoms with Crippen molar-refractivity contribution in [1.29, 1.82) is 0 Å². The van der Waals surface area contributed by atoms with E-state index >= 15 is 0 Å². The molecule has 0 bridgehead atoms. The lowest BCUT2D eigenvalue weighted by Gasteiger charge is -2.29. The molecule has 0 spiro atoms. The summed E-state index contributed by atoms with van der Waals surface area (Å²) in [6.07, 6.45) is 0. The molecule has 0 saturated carbocycles. The molecule has 2 heterocycles. The summed E-state index contributed by atoms with van der Waals surface area (Å²) in [7, 11) is 0. The van der Waals surface area contributed by atoms with Gasteiger partial charge < -0.3 is 9.64 Å². The Kier molecular flexibility index (Phi) is 3.80. The topological polar surface area (TPSA) is 38.2 Å². The molecular weight excluding hydrogens is 353 g/mol. The van der Waals surface area contributed by atoms with E-state index in [4.69, 9.17) is 27.9 Å². The fraction of sp³-hybridized carbons (Fsp3) is 0.333. The van der Waals surface area contributed by atoms with Gasteiger partial charge in [-0.25, -0.2) is 9.97 Å². The number of aromatic nitrogens is 2. The number of morpholine rings is 1. The number of fused-ring (bicyclic) bond motifs is 1. The van der Waals surface area contributed by atoms with Gasteiger partial charge in [-0.3, -0.25) is 0 Å². The lowest BCUT2D eigenvalue weighted by atomic mass is 10.2. The molecule has 0 amide bonds. The van der Waals surface area contributed by atoms with Crippen LogP contribution in [0.1, 0.15) is 0 Å². The zero-order chi connectivity index (χ0) is 13.4. The molecule has 1 fully saturated rings. The Labute approximate surface area is 128 Å². The van der Waals surface area contributed by atoms with Crippen LogP contribution >= 0.6 is 39.1 Å². The van der Waals surface area contributed by atoms with E-state index in [1.807, 2.05) is 12.1 Å². The van der Waals surface area contributed by atoms with Crippen LogP contribution in [0.25, 0.3) is 10.9 Å². The average Bonchev–Trinajstić information content (AvgIpc) is 2.40. The van der Waals surface area contributed by atoms with Crippen molar-refractivity contribution in [3.63, 3.8) is 0 Å². The van der Waals surface area contributed by atoms with Crippen LogP contribution < -0.4 is 4.90 Å². The number of rotatable bonds is 1. The zero-order valence-electron chi connectivity index (χ0n) is 9.87. The number of halogens is 3. The van der Waals surface area contributed by atoms with E-state index in [0.717, 1.165) is 34.2 Å². The first-order chi connectivity index (χ1) is 9.15. The molecule has 2 aromatic rings. The summed E-state index contributed by atoms with van der Waals surface area (Å²) in [5.41, 5.74) is 1.77. The lowest BCUT2D eigenvalue weighted by molar-refractivity contribution is 0.123. The van der Waals surface area contributed by atoms with E-state index in [9.17, 15) is 0 Å². The summed E-state index contributed by atoms with van der Waals surface area (Å²) in [5, 5.41) is 1.32. The SMILES string of the molecule is Clc1nc(Cl)c2cc(Br)cc(N3CCOCC3)c2n1. The molecule has 0 radical (unpaired) electrons. The predicted octanol–water partition coefficient (Wildman–Crippen LogP) is 3.54. The minimum Gasteiger partial charge on any atom is -0.378 e. The van der Waals surface area contributed by atoms with Crippen molar-refractivity contribution in [3.05, 3.63) is 27.0 Å². The minimum absolute atomic E-state index is 0.161. The largest absolute Gasteiger partial charge is 0.378 e. The predicted molar refractivity (Wildman–Crippen MR) is 80.3 cm³/mol. The van der Waals surface area contributed by atoms with Gasteiger partial charge in [0.1, 0.15) is 10.7 Å². The number of ether oxygens (including phenoxy) is 1. The van der Waals surface area contributed by atoms with Crippen LogP contribution in [-0.2, 0) is 4.74 Å². The Balaban J connectivity index is 2.21. The zero-order valence-corrected chi connectivity index (χ0v) is 13.0.